The van der Waals surface area contributed by atoms with Crippen molar-refractivity contribution < 1.29 is 18.6 Å². The molecule has 4 rings (SSSR count). The number of hydrogen-bond donors (Lipinski definition) is 0. The molecule has 0 atom stereocenters. The summed E-state index contributed by atoms with van der Waals surface area (Å²) in [7, 11) is 1.71. The third-order valence-corrected chi connectivity index (χ3v) is 5.18. The number of hydrogen-bond acceptors (Lipinski definition) is 1. The molecule has 3 nitrogen and oxygen atoms in total. The second kappa shape index (κ2) is 5.96. The molecule has 0 spiro atoms. The van der Waals surface area contributed by atoms with Crippen LogP contribution in [-0.4, -0.2) is 0 Å². The molecule has 0 radical (unpaired) electrons. The molecule has 0 saturated carbocycles. The van der Waals surface area contributed by atoms with Crippen molar-refractivity contribution in [3.05, 3.63) is 69.7 Å². The topological polar surface area (TPSA) is 21.4 Å². The zero-order valence-electron chi connectivity index (χ0n) is 22.6. The Labute approximate surface area is 169 Å². The molecule has 4 aromatic rings. The van der Waals surface area contributed by atoms with E-state index >= 15 is 0 Å². The summed E-state index contributed by atoms with van der Waals surface area (Å²) in [5, 5.41) is 0.971. The Morgan fingerprint density at radius 1 is 1.11 bits per heavy atom. The van der Waals surface area contributed by atoms with E-state index in [1.165, 1.54) is 12.1 Å². The van der Waals surface area contributed by atoms with Gasteiger partial charge in [-0.25, -0.2) is 4.85 Å². The summed E-state index contributed by atoms with van der Waals surface area (Å²) in [6.45, 7) is 7.74. The predicted molar refractivity (Wildman–Crippen MR) is 110 cm³/mol. The monoisotopic (exact) mass is 362 g/mol. The van der Waals surface area contributed by atoms with E-state index in [2.05, 4.69) is 4.85 Å². The van der Waals surface area contributed by atoms with Gasteiger partial charge in [-0.2, -0.15) is 4.57 Å². The Kier molecular flexibility index (Phi) is 2.40. The van der Waals surface area contributed by atoms with Crippen LogP contribution in [-0.2, 0) is 7.05 Å². The molecule has 3 heteroatoms. The molecular formula is C24H23N2O+. The van der Waals surface area contributed by atoms with Crippen LogP contribution in [0.15, 0.2) is 34.7 Å². The van der Waals surface area contributed by atoms with Crippen molar-refractivity contribution in [1.82, 2.24) is 0 Å². The van der Waals surface area contributed by atoms with E-state index in [1.54, 1.807) is 31.5 Å². The second-order valence-electron chi connectivity index (χ2n) is 6.83. The van der Waals surface area contributed by atoms with Crippen molar-refractivity contribution >= 4 is 27.6 Å². The highest BCUT2D eigenvalue weighted by Crippen LogP contribution is 2.40. The summed E-state index contributed by atoms with van der Waals surface area (Å²) in [6, 6.07) is 6.57. The fraction of sp³-hybridized carbons (Fsp3) is 0.250. The molecular weight excluding hydrogens is 332 g/mol. The molecule has 0 N–H and O–H groups in total. The third kappa shape index (κ3) is 2.44. The lowest BCUT2D eigenvalue weighted by Gasteiger charge is -2.10. The van der Waals surface area contributed by atoms with Crippen molar-refractivity contribution in [3.63, 3.8) is 0 Å². The Morgan fingerprint density at radius 3 is 2.63 bits per heavy atom. The van der Waals surface area contributed by atoms with Crippen molar-refractivity contribution in [2.75, 3.05) is 0 Å². The smallest absolute Gasteiger partial charge is 0.216 e. The number of furan rings is 1. The lowest BCUT2D eigenvalue weighted by atomic mass is 9.97. The molecule has 0 unspecified atom stereocenters. The molecule has 2 aromatic carbocycles. The van der Waals surface area contributed by atoms with Crippen LogP contribution in [0.5, 0.6) is 0 Å². The minimum absolute atomic E-state index is 0.0325. The summed E-state index contributed by atoms with van der Waals surface area (Å²) in [4.78, 5) is 3.40. The van der Waals surface area contributed by atoms with Crippen LogP contribution in [0.2, 0.25) is 0 Å². The molecule has 0 bridgehead atoms. The first-order valence-electron chi connectivity index (χ1n) is 12.1. The van der Waals surface area contributed by atoms with Gasteiger partial charge >= 0.3 is 0 Å². The molecule has 0 amide bonds. The van der Waals surface area contributed by atoms with E-state index in [4.69, 9.17) is 20.6 Å². The summed E-state index contributed by atoms with van der Waals surface area (Å²) in [6.07, 6.45) is 0. The fourth-order valence-electron chi connectivity index (χ4n) is 3.57. The Morgan fingerprint density at radius 2 is 1.93 bits per heavy atom. The molecule has 0 aliphatic rings. The molecule has 2 aromatic heterocycles. The number of aryl methyl sites for hydroxylation is 2. The first kappa shape index (κ1) is 10.9. The van der Waals surface area contributed by atoms with E-state index in [1.807, 2.05) is 13.0 Å². The van der Waals surface area contributed by atoms with E-state index in [0.717, 1.165) is 5.56 Å². The Hall–Kier alpha value is -3.12. The SMILES string of the molecule is [2H]c1c(C)c(C([2H])([2H])[2H])c(C)[n+](C)c1-c1c(C)ccc2c1oc1cc([N+]#[C-])cc(C([2H])([2H])[2H])c12. The number of fused-ring (bicyclic) bond motifs is 3. The van der Waals surface area contributed by atoms with Crippen LogP contribution in [0.1, 0.15) is 37.5 Å². The van der Waals surface area contributed by atoms with Gasteiger partial charge in [0.05, 0.1) is 13.5 Å². The Balaban J connectivity index is 2.20. The summed E-state index contributed by atoms with van der Waals surface area (Å²) in [5.74, 6) is 0. The maximum absolute atomic E-state index is 8.86. The first-order valence-corrected chi connectivity index (χ1v) is 8.57. The van der Waals surface area contributed by atoms with Gasteiger partial charge in [0, 0.05) is 37.5 Å². The Bertz CT molecular complexity index is 1510. The number of pyridine rings is 1. The van der Waals surface area contributed by atoms with Crippen LogP contribution in [0.4, 0.5) is 5.69 Å². The van der Waals surface area contributed by atoms with Crippen LogP contribution in [0.3, 0.4) is 0 Å². The molecule has 2 heterocycles. The van der Waals surface area contributed by atoms with Crippen molar-refractivity contribution in [2.45, 2.75) is 34.5 Å². The lowest BCUT2D eigenvalue weighted by Crippen LogP contribution is -2.36. The van der Waals surface area contributed by atoms with E-state index in [9.17, 15) is 0 Å². The minimum atomic E-state index is -2.46. The third-order valence-electron chi connectivity index (χ3n) is 5.18. The zero-order valence-corrected chi connectivity index (χ0v) is 15.6. The summed E-state index contributed by atoms with van der Waals surface area (Å²) in [5.41, 5.74) is 3.74. The van der Waals surface area contributed by atoms with Gasteiger partial charge in [0.15, 0.2) is 11.4 Å². The maximum atomic E-state index is 8.86. The minimum Gasteiger partial charge on any atom is -0.456 e. The first-order chi connectivity index (χ1) is 15.7. The zero-order chi connectivity index (χ0) is 25.3. The second-order valence-corrected chi connectivity index (χ2v) is 6.83. The highest BCUT2D eigenvalue weighted by atomic mass is 16.3. The van der Waals surface area contributed by atoms with Gasteiger partial charge in [0.25, 0.3) is 0 Å². The highest BCUT2D eigenvalue weighted by molar-refractivity contribution is 6.11. The summed E-state index contributed by atoms with van der Waals surface area (Å²) < 4.78 is 64.5. The lowest BCUT2D eigenvalue weighted by molar-refractivity contribution is -0.667. The number of benzene rings is 2. The number of nitrogens with zero attached hydrogens (tertiary/aromatic N) is 2. The average molecular weight is 363 g/mol. The summed E-state index contributed by atoms with van der Waals surface area (Å²) >= 11 is 0. The standard InChI is InChI=1S/C24H23N2O/c1-13-8-9-19-22-15(3)10-18(25-6)12-21(22)27-24(19)23(13)20-11-14(2)16(4)17(5)26(20)7/h8-12H,1-5,7H3/q+1/i3D3,4D3,11D. The van der Waals surface area contributed by atoms with E-state index in [-0.39, 0.29) is 28.4 Å². The van der Waals surface area contributed by atoms with Crippen molar-refractivity contribution in [2.24, 2.45) is 7.05 Å². The average Bonchev–Trinajstić information content (AvgIpc) is 3.09. The normalized spacial score (nSPS) is 16.0. The van der Waals surface area contributed by atoms with Gasteiger partial charge < -0.3 is 4.42 Å². The largest absolute Gasteiger partial charge is 0.456 e. The van der Waals surface area contributed by atoms with Crippen LogP contribution in [0.25, 0.3) is 38.0 Å². The van der Waals surface area contributed by atoms with Crippen LogP contribution in [0, 0.1) is 41.0 Å². The van der Waals surface area contributed by atoms with Gasteiger partial charge in [-0.15, -0.1) is 0 Å². The molecule has 27 heavy (non-hydrogen) atoms. The van der Waals surface area contributed by atoms with Crippen LogP contribution < -0.4 is 4.57 Å². The number of rotatable bonds is 1. The number of aromatic nitrogens is 1. The maximum Gasteiger partial charge on any atom is 0.216 e. The highest BCUT2D eigenvalue weighted by Gasteiger charge is 2.24. The van der Waals surface area contributed by atoms with Gasteiger partial charge in [-0.1, -0.05) is 18.2 Å². The van der Waals surface area contributed by atoms with E-state index < -0.39 is 13.7 Å². The molecule has 0 aliphatic heterocycles. The van der Waals surface area contributed by atoms with Gasteiger partial charge in [0.2, 0.25) is 5.69 Å². The molecule has 0 fully saturated rings. The van der Waals surface area contributed by atoms with Gasteiger partial charge in [-0.05, 0) is 50.3 Å². The molecule has 0 aliphatic carbocycles. The van der Waals surface area contributed by atoms with E-state index in [0.29, 0.717) is 38.9 Å². The molecule has 134 valence electrons. The fourth-order valence-corrected chi connectivity index (χ4v) is 3.57. The van der Waals surface area contributed by atoms with Gasteiger partial charge in [-0.3, -0.25) is 0 Å². The van der Waals surface area contributed by atoms with Crippen LogP contribution >= 0.6 is 0 Å². The van der Waals surface area contributed by atoms with Crippen molar-refractivity contribution in [3.8, 4) is 11.3 Å². The molecule has 0 saturated heterocycles. The predicted octanol–water partition coefficient (Wildman–Crippen LogP) is 6.17. The van der Waals surface area contributed by atoms with Gasteiger partial charge in [0.1, 0.15) is 18.2 Å². The van der Waals surface area contributed by atoms with Crippen molar-refractivity contribution in [1.29, 1.82) is 0 Å². The quantitative estimate of drug-likeness (QED) is 0.293.